The zero-order valence-corrected chi connectivity index (χ0v) is 8.85. The number of rotatable bonds is 2. The Morgan fingerprint density at radius 3 is 2.86 bits per heavy atom. The summed E-state index contributed by atoms with van der Waals surface area (Å²) in [7, 11) is 2.17. The van der Waals surface area contributed by atoms with Gasteiger partial charge in [0.15, 0.2) is 0 Å². The highest BCUT2D eigenvalue weighted by Gasteiger charge is 2.24. The summed E-state index contributed by atoms with van der Waals surface area (Å²) in [6, 6.07) is 6.10. The second kappa shape index (κ2) is 4.07. The normalized spacial score (nSPS) is 24.3. The molecule has 1 atom stereocenters. The van der Waals surface area contributed by atoms with Gasteiger partial charge in [-0.3, -0.25) is 14.8 Å². The van der Waals surface area contributed by atoms with Crippen LogP contribution < -0.4 is 0 Å². The van der Waals surface area contributed by atoms with E-state index < -0.39 is 0 Å². The average molecular weight is 191 g/mol. The maximum absolute atomic E-state index is 4.34. The Morgan fingerprint density at radius 1 is 1.43 bits per heavy atom. The molecule has 14 heavy (non-hydrogen) atoms. The molecule has 0 amide bonds. The van der Waals surface area contributed by atoms with Gasteiger partial charge in [0.2, 0.25) is 0 Å². The van der Waals surface area contributed by atoms with E-state index in [4.69, 9.17) is 0 Å². The van der Waals surface area contributed by atoms with Gasteiger partial charge in [0.05, 0.1) is 11.9 Å². The topological polar surface area (TPSA) is 19.4 Å². The van der Waals surface area contributed by atoms with Gasteiger partial charge in [-0.25, -0.2) is 0 Å². The second-order valence-corrected chi connectivity index (χ2v) is 3.90. The molecule has 3 heteroatoms. The minimum atomic E-state index is 0.539. The molecule has 76 valence electrons. The monoisotopic (exact) mass is 191 g/mol. The van der Waals surface area contributed by atoms with Crippen molar-refractivity contribution in [1.82, 2.24) is 14.8 Å². The van der Waals surface area contributed by atoms with E-state index in [1.54, 1.807) is 0 Å². The van der Waals surface area contributed by atoms with Crippen LogP contribution in [-0.2, 0) is 6.54 Å². The zero-order valence-electron chi connectivity index (χ0n) is 8.85. The number of nitrogens with zero attached hydrogens (tertiary/aromatic N) is 3. The summed E-state index contributed by atoms with van der Waals surface area (Å²) < 4.78 is 0. The van der Waals surface area contributed by atoms with Gasteiger partial charge in [-0.2, -0.15) is 0 Å². The molecular weight excluding hydrogens is 174 g/mol. The van der Waals surface area contributed by atoms with Crippen molar-refractivity contribution in [1.29, 1.82) is 0 Å². The van der Waals surface area contributed by atoms with E-state index in [1.165, 1.54) is 0 Å². The molecule has 0 radical (unpaired) electrons. The van der Waals surface area contributed by atoms with Crippen LogP contribution in [0.5, 0.6) is 0 Å². The van der Waals surface area contributed by atoms with E-state index in [-0.39, 0.29) is 0 Å². The fourth-order valence-corrected chi connectivity index (χ4v) is 1.85. The van der Waals surface area contributed by atoms with Crippen molar-refractivity contribution in [3.05, 3.63) is 30.1 Å². The number of likely N-dealkylation sites (N-methyl/N-ethyl adjacent to an activating group) is 1. The fraction of sp³-hybridized carbons (Fsp3) is 0.545. The van der Waals surface area contributed by atoms with E-state index in [1.807, 2.05) is 18.3 Å². The summed E-state index contributed by atoms with van der Waals surface area (Å²) in [4.78, 5) is 9.15. The minimum absolute atomic E-state index is 0.539. The first kappa shape index (κ1) is 9.62. The third-order valence-electron chi connectivity index (χ3n) is 3.00. The van der Waals surface area contributed by atoms with Crippen LogP contribution in [0.2, 0.25) is 0 Å². The van der Waals surface area contributed by atoms with E-state index >= 15 is 0 Å². The van der Waals surface area contributed by atoms with Gasteiger partial charge >= 0.3 is 0 Å². The van der Waals surface area contributed by atoms with Gasteiger partial charge in [0, 0.05) is 25.8 Å². The molecule has 1 saturated heterocycles. The lowest BCUT2D eigenvalue weighted by atomic mass is 10.3. The maximum atomic E-state index is 4.34. The Labute approximate surface area is 85.4 Å². The standard InChI is InChI=1S/C11H17N3/c1-10-13(2)7-8-14(10)9-11-5-3-4-6-12-11/h3-6,10H,7-9H2,1-2H3. The van der Waals surface area contributed by atoms with E-state index in [0.717, 1.165) is 25.3 Å². The molecular formula is C11H17N3. The molecule has 0 bridgehead atoms. The summed E-state index contributed by atoms with van der Waals surface area (Å²) in [5.41, 5.74) is 1.16. The van der Waals surface area contributed by atoms with Crippen molar-refractivity contribution in [3.63, 3.8) is 0 Å². The van der Waals surface area contributed by atoms with Gasteiger partial charge in [-0.1, -0.05) is 6.07 Å². The van der Waals surface area contributed by atoms with Gasteiger partial charge in [-0.15, -0.1) is 0 Å². The highest BCUT2D eigenvalue weighted by Crippen LogP contribution is 2.14. The molecule has 2 rings (SSSR count). The summed E-state index contributed by atoms with van der Waals surface area (Å²) in [6.45, 7) is 5.52. The number of aromatic nitrogens is 1. The molecule has 0 aromatic carbocycles. The third kappa shape index (κ3) is 1.94. The Kier molecular flexibility index (Phi) is 2.79. The first-order chi connectivity index (χ1) is 6.77. The largest absolute Gasteiger partial charge is 0.290 e. The number of pyridine rings is 1. The van der Waals surface area contributed by atoms with Crippen molar-refractivity contribution in [2.24, 2.45) is 0 Å². The van der Waals surface area contributed by atoms with Crippen molar-refractivity contribution in [3.8, 4) is 0 Å². The minimum Gasteiger partial charge on any atom is -0.290 e. The Bertz CT molecular complexity index is 286. The predicted octanol–water partition coefficient (Wildman–Crippen LogP) is 1.18. The molecule has 0 aliphatic carbocycles. The third-order valence-corrected chi connectivity index (χ3v) is 3.00. The van der Waals surface area contributed by atoms with Crippen LogP contribution in [0.15, 0.2) is 24.4 Å². The summed E-state index contributed by atoms with van der Waals surface area (Å²) in [6.07, 6.45) is 2.40. The van der Waals surface area contributed by atoms with Crippen LogP contribution in [0.4, 0.5) is 0 Å². The van der Waals surface area contributed by atoms with Gasteiger partial charge < -0.3 is 0 Å². The lowest BCUT2D eigenvalue weighted by molar-refractivity contribution is 0.169. The fourth-order valence-electron chi connectivity index (χ4n) is 1.85. The molecule has 1 aromatic rings. The highest BCUT2D eigenvalue weighted by atomic mass is 15.4. The molecule has 2 heterocycles. The molecule has 3 nitrogen and oxygen atoms in total. The van der Waals surface area contributed by atoms with Gasteiger partial charge in [-0.05, 0) is 26.1 Å². The molecule has 1 aliphatic heterocycles. The Hall–Kier alpha value is -0.930. The van der Waals surface area contributed by atoms with Crippen LogP contribution in [-0.4, -0.2) is 41.1 Å². The van der Waals surface area contributed by atoms with Gasteiger partial charge in [0.1, 0.15) is 0 Å². The van der Waals surface area contributed by atoms with Gasteiger partial charge in [0.25, 0.3) is 0 Å². The summed E-state index contributed by atoms with van der Waals surface area (Å²) in [5.74, 6) is 0. The van der Waals surface area contributed by atoms with Crippen LogP contribution in [0, 0.1) is 0 Å². The Morgan fingerprint density at radius 2 is 2.29 bits per heavy atom. The van der Waals surface area contributed by atoms with Crippen LogP contribution in [0.25, 0.3) is 0 Å². The first-order valence-corrected chi connectivity index (χ1v) is 5.11. The molecule has 1 fully saturated rings. The second-order valence-electron chi connectivity index (χ2n) is 3.90. The average Bonchev–Trinajstić information content (AvgIpc) is 2.52. The lowest BCUT2D eigenvalue weighted by Crippen LogP contribution is -2.33. The number of hydrogen-bond donors (Lipinski definition) is 0. The van der Waals surface area contributed by atoms with E-state index in [9.17, 15) is 0 Å². The summed E-state index contributed by atoms with van der Waals surface area (Å²) in [5, 5.41) is 0. The predicted molar refractivity (Wildman–Crippen MR) is 56.7 cm³/mol. The molecule has 1 unspecified atom stereocenters. The molecule has 1 aromatic heterocycles. The first-order valence-electron chi connectivity index (χ1n) is 5.11. The molecule has 0 saturated carbocycles. The lowest BCUT2D eigenvalue weighted by Gasteiger charge is -2.23. The van der Waals surface area contributed by atoms with E-state index in [0.29, 0.717) is 6.17 Å². The van der Waals surface area contributed by atoms with Crippen molar-refractivity contribution < 1.29 is 0 Å². The SMILES string of the molecule is CC1N(C)CCN1Cc1ccccn1. The Balaban J connectivity index is 1.99. The smallest absolute Gasteiger partial charge is 0.0595 e. The summed E-state index contributed by atoms with van der Waals surface area (Å²) >= 11 is 0. The maximum Gasteiger partial charge on any atom is 0.0595 e. The van der Waals surface area contributed by atoms with Crippen molar-refractivity contribution >= 4 is 0 Å². The van der Waals surface area contributed by atoms with Crippen molar-refractivity contribution in [2.45, 2.75) is 19.6 Å². The molecule has 0 spiro atoms. The van der Waals surface area contributed by atoms with E-state index in [2.05, 4.69) is 34.8 Å². The van der Waals surface area contributed by atoms with Crippen LogP contribution in [0.3, 0.4) is 0 Å². The quantitative estimate of drug-likeness (QED) is 0.699. The number of hydrogen-bond acceptors (Lipinski definition) is 3. The molecule has 0 N–H and O–H groups in total. The van der Waals surface area contributed by atoms with Crippen LogP contribution in [0.1, 0.15) is 12.6 Å². The zero-order chi connectivity index (χ0) is 9.97. The van der Waals surface area contributed by atoms with Crippen molar-refractivity contribution in [2.75, 3.05) is 20.1 Å². The van der Waals surface area contributed by atoms with Crippen LogP contribution >= 0.6 is 0 Å². The molecule has 1 aliphatic rings. The highest BCUT2D eigenvalue weighted by molar-refractivity contribution is 5.03.